The number of unbranched alkanes of at least 4 members (excludes halogenated alkanes) is 1. The van der Waals surface area contributed by atoms with E-state index in [9.17, 15) is 0 Å². The molecular weight excluding hydrogens is 958 g/mol. The molecule has 2 aliphatic rings. The highest BCUT2D eigenvalue weighted by molar-refractivity contribution is 7.00. The zero-order valence-corrected chi connectivity index (χ0v) is 45.0. The van der Waals surface area contributed by atoms with Crippen LogP contribution in [0.3, 0.4) is 0 Å². The Kier molecular flexibility index (Phi) is 10.9. The number of hydrogen-bond donors (Lipinski definition) is 0. The molecule has 0 radical (unpaired) electrons. The lowest BCUT2D eigenvalue weighted by Crippen LogP contribution is -2.61. The summed E-state index contributed by atoms with van der Waals surface area (Å²) in [6.07, 6.45) is 3.02. The minimum Gasteiger partial charge on any atom is -0.456 e. The van der Waals surface area contributed by atoms with E-state index in [1.54, 1.807) is 0 Å². The molecule has 0 saturated carbocycles. The summed E-state index contributed by atoms with van der Waals surface area (Å²) < 4.78 is 9.23. The smallest absolute Gasteiger partial charge is 0.252 e. The van der Waals surface area contributed by atoms with Gasteiger partial charge in [-0.2, -0.15) is 0 Å². The number of benzene rings is 11. The van der Waals surface area contributed by atoms with Gasteiger partial charge in [0.2, 0.25) is 0 Å². The predicted molar refractivity (Wildman–Crippen MR) is 336 cm³/mol. The van der Waals surface area contributed by atoms with Crippen molar-refractivity contribution in [2.75, 3.05) is 9.80 Å². The second kappa shape index (κ2) is 18.4. The van der Waals surface area contributed by atoms with E-state index in [2.05, 4.69) is 285 Å². The van der Waals surface area contributed by atoms with Crippen LogP contribution in [0.4, 0.5) is 34.1 Å². The summed E-state index contributed by atoms with van der Waals surface area (Å²) in [5.74, 6) is 0. The molecule has 2 aliphatic heterocycles. The van der Waals surface area contributed by atoms with Gasteiger partial charge in [0.15, 0.2) is 0 Å². The SMILES string of the molecule is CCCCc1cc2oc3ccccc3c2cc1N1c2cc(-n3c4ccccc4c4ccccc43)ccc2B2c3cc(-c4ccccc4)ccc3N(c3c(-c4ccccc4)cccc3-c3ccccc3)c3cc(C(C)(C)C)cc1c32. The molecule has 2 aromatic heterocycles. The fourth-order valence-corrected chi connectivity index (χ4v) is 13.1. The minimum atomic E-state index is -0.224. The summed E-state index contributed by atoms with van der Waals surface area (Å²) in [6.45, 7) is 9.29. The molecule has 0 atom stereocenters. The monoisotopic (exact) mass is 1020 g/mol. The summed E-state index contributed by atoms with van der Waals surface area (Å²) in [5.41, 5.74) is 25.7. The fraction of sp³-hybridized carbons (Fsp3) is 0.108. The maximum atomic E-state index is 6.75. The van der Waals surface area contributed by atoms with Crippen molar-refractivity contribution in [1.82, 2.24) is 4.57 Å². The van der Waals surface area contributed by atoms with Gasteiger partial charge >= 0.3 is 0 Å². The molecule has 79 heavy (non-hydrogen) atoms. The van der Waals surface area contributed by atoms with E-state index in [0.29, 0.717) is 0 Å². The molecule has 11 aromatic carbocycles. The third-order valence-electron chi connectivity index (χ3n) is 16.9. The van der Waals surface area contributed by atoms with E-state index in [4.69, 9.17) is 4.42 Å². The standard InChI is InChI=1S/C74H58BN3O/c1-5-6-23-52-43-71-60(59-32-18-21-37-70(59)79-71)47-66(52)77-67-46-54(76-63-35-19-16-30-57(63)58-31-17-20-36-64(58)76)39-40-61(67)75-62-42-51(48-24-10-7-11-25-48)38-41-65(62)78(69-45-53(74(2,3)4)44-68(77)72(69)75)73-55(49-26-12-8-13-27-49)33-22-34-56(73)50-28-14-9-15-29-50/h7-22,24-47H,5-6,23H2,1-4H3. The first kappa shape index (κ1) is 46.9. The molecule has 0 spiro atoms. The molecule has 0 amide bonds. The Morgan fingerprint density at radius 3 is 1.66 bits per heavy atom. The molecule has 0 saturated heterocycles. The van der Waals surface area contributed by atoms with Gasteiger partial charge in [0.25, 0.3) is 6.71 Å². The number of fused-ring (bicyclic) bond motifs is 10. The van der Waals surface area contributed by atoms with Crippen LogP contribution >= 0.6 is 0 Å². The average Bonchev–Trinajstić information content (AvgIpc) is 4.20. The molecule has 0 unspecified atom stereocenters. The van der Waals surface area contributed by atoms with Gasteiger partial charge in [-0.15, -0.1) is 0 Å². The molecule has 0 N–H and O–H groups in total. The van der Waals surface area contributed by atoms with Gasteiger partial charge < -0.3 is 18.8 Å². The van der Waals surface area contributed by atoms with Crippen LogP contribution in [0.1, 0.15) is 51.7 Å². The van der Waals surface area contributed by atoms with Crippen molar-refractivity contribution in [1.29, 1.82) is 0 Å². The van der Waals surface area contributed by atoms with Crippen LogP contribution in [0.25, 0.3) is 82.8 Å². The van der Waals surface area contributed by atoms with Crippen LogP contribution in [0.2, 0.25) is 0 Å². The lowest BCUT2D eigenvalue weighted by molar-refractivity contribution is 0.590. The summed E-state index contributed by atoms with van der Waals surface area (Å²) in [5, 5.41) is 4.74. The van der Waals surface area contributed by atoms with Gasteiger partial charge in [0.1, 0.15) is 11.2 Å². The number of hydrogen-bond acceptors (Lipinski definition) is 3. The van der Waals surface area contributed by atoms with E-state index in [-0.39, 0.29) is 12.1 Å². The van der Waals surface area contributed by atoms with Crippen molar-refractivity contribution >= 4 is 101 Å². The maximum absolute atomic E-state index is 6.75. The lowest BCUT2D eigenvalue weighted by Gasteiger charge is -2.46. The number of aromatic nitrogens is 1. The normalized spacial score (nSPS) is 12.9. The third-order valence-corrected chi connectivity index (χ3v) is 16.9. The van der Waals surface area contributed by atoms with Gasteiger partial charge in [-0.3, -0.25) is 0 Å². The third kappa shape index (κ3) is 7.51. The van der Waals surface area contributed by atoms with E-state index in [1.165, 1.54) is 111 Å². The van der Waals surface area contributed by atoms with Crippen LogP contribution in [0, 0.1) is 0 Å². The van der Waals surface area contributed by atoms with Gasteiger partial charge in [0.05, 0.1) is 22.4 Å². The molecule has 0 aliphatic carbocycles. The van der Waals surface area contributed by atoms with Crippen LogP contribution in [-0.2, 0) is 11.8 Å². The van der Waals surface area contributed by atoms with Crippen LogP contribution in [0.5, 0.6) is 0 Å². The van der Waals surface area contributed by atoms with Crippen molar-refractivity contribution < 1.29 is 4.42 Å². The fourth-order valence-electron chi connectivity index (χ4n) is 13.1. The minimum absolute atomic E-state index is 0.131. The molecule has 4 heterocycles. The maximum Gasteiger partial charge on any atom is 0.252 e. The van der Waals surface area contributed by atoms with Crippen molar-refractivity contribution in [3.05, 3.63) is 254 Å². The number of para-hydroxylation sites is 4. The Morgan fingerprint density at radius 1 is 0.418 bits per heavy atom. The van der Waals surface area contributed by atoms with Gasteiger partial charge in [-0.05, 0) is 129 Å². The van der Waals surface area contributed by atoms with Gasteiger partial charge in [0, 0.05) is 61.1 Å². The topological polar surface area (TPSA) is 24.6 Å². The summed E-state index contributed by atoms with van der Waals surface area (Å²) in [4.78, 5) is 5.33. The number of aryl methyl sites for hydroxylation is 1. The predicted octanol–water partition coefficient (Wildman–Crippen LogP) is 18.4. The molecule has 0 fully saturated rings. The number of furan rings is 1. The zero-order chi connectivity index (χ0) is 52.9. The number of rotatable bonds is 9. The summed E-state index contributed by atoms with van der Waals surface area (Å²) in [6, 6.07) is 90.6. The Hall–Kier alpha value is -9.32. The van der Waals surface area contributed by atoms with Crippen LogP contribution in [-0.4, -0.2) is 11.3 Å². The zero-order valence-electron chi connectivity index (χ0n) is 45.0. The van der Waals surface area contributed by atoms with Crippen molar-refractivity contribution in [3.8, 4) is 39.1 Å². The quantitative estimate of drug-likeness (QED) is 0.135. The molecule has 4 nitrogen and oxygen atoms in total. The first-order valence-corrected chi connectivity index (χ1v) is 28.1. The highest BCUT2D eigenvalue weighted by Gasteiger charge is 2.45. The number of anilines is 6. The molecule has 0 bridgehead atoms. The van der Waals surface area contributed by atoms with E-state index in [0.717, 1.165) is 52.6 Å². The van der Waals surface area contributed by atoms with E-state index < -0.39 is 0 Å². The summed E-state index contributed by atoms with van der Waals surface area (Å²) >= 11 is 0. The second-order valence-electron chi connectivity index (χ2n) is 22.6. The molecule has 5 heteroatoms. The van der Waals surface area contributed by atoms with Crippen LogP contribution in [0.15, 0.2) is 247 Å². The first-order chi connectivity index (χ1) is 38.8. The first-order valence-electron chi connectivity index (χ1n) is 28.1. The Balaban J connectivity index is 1.11. The highest BCUT2D eigenvalue weighted by Crippen LogP contribution is 2.52. The van der Waals surface area contributed by atoms with Crippen LogP contribution < -0.4 is 26.2 Å². The lowest BCUT2D eigenvalue weighted by atomic mass is 9.33. The second-order valence-corrected chi connectivity index (χ2v) is 22.6. The Labute approximate surface area is 462 Å². The number of nitrogens with zero attached hydrogens (tertiary/aromatic N) is 3. The van der Waals surface area contributed by atoms with Crippen molar-refractivity contribution in [2.24, 2.45) is 0 Å². The van der Waals surface area contributed by atoms with Crippen molar-refractivity contribution in [2.45, 2.75) is 52.4 Å². The summed E-state index contributed by atoms with van der Waals surface area (Å²) in [7, 11) is 0. The molecule has 13 aromatic rings. The largest absolute Gasteiger partial charge is 0.456 e. The van der Waals surface area contributed by atoms with E-state index >= 15 is 0 Å². The van der Waals surface area contributed by atoms with Gasteiger partial charge in [-0.25, -0.2) is 0 Å². The highest BCUT2D eigenvalue weighted by atomic mass is 16.3. The molecular formula is C74H58BN3O. The molecule has 378 valence electrons. The average molecular weight is 1020 g/mol. The van der Waals surface area contributed by atoms with Gasteiger partial charge in [-0.1, -0.05) is 216 Å². The van der Waals surface area contributed by atoms with Crippen molar-refractivity contribution in [3.63, 3.8) is 0 Å². The molecule has 15 rings (SSSR count). The Bertz CT molecular complexity index is 4420. The Morgan fingerprint density at radius 2 is 1.01 bits per heavy atom. The van der Waals surface area contributed by atoms with E-state index in [1.807, 2.05) is 0 Å².